The zero-order chi connectivity index (χ0) is 28.1. The summed E-state index contributed by atoms with van der Waals surface area (Å²) in [5.74, 6) is 1.08. The van der Waals surface area contributed by atoms with E-state index in [-0.39, 0.29) is 17.8 Å². The van der Waals surface area contributed by atoms with Crippen LogP contribution >= 0.6 is 0 Å². The molecule has 210 valence electrons. The second-order valence-electron chi connectivity index (χ2n) is 9.89. The molecule has 4 aromatic rings. The lowest BCUT2D eigenvalue weighted by molar-refractivity contribution is -0.106. The molecule has 0 amide bonds. The van der Waals surface area contributed by atoms with Crippen molar-refractivity contribution in [2.45, 2.75) is 50.4 Å². The van der Waals surface area contributed by atoms with Crippen molar-refractivity contribution in [1.82, 2.24) is 4.98 Å². The highest BCUT2D eigenvalue weighted by Crippen LogP contribution is 2.28. The van der Waals surface area contributed by atoms with Gasteiger partial charge in [0.05, 0.1) is 22.7 Å². The third-order valence-corrected chi connectivity index (χ3v) is 8.16. The van der Waals surface area contributed by atoms with Gasteiger partial charge in [-0.15, -0.1) is 0 Å². The number of pyridine rings is 1. The van der Waals surface area contributed by atoms with Gasteiger partial charge in [-0.25, -0.2) is 4.98 Å². The van der Waals surface area contributed by atoms with Gasteiger partial charge in [0, 0.05) is 36.2 Å². The van der Waals surface area contributed by atoms with Crippen LogP contribution in [0.5, 0.6) is 11.5 Å². The topological polar surface area (TPSA) is 96.0 Å². The van der Waals surface area contributed by atoms with E-state index in [0.29, 0.717) is 18.1 Å². The van der Waals surface area contributed by atoms with Crippen molar-refractivity contribution in [3.8, 4) is 22.8 Å². The van der Waals surface area contributed by atoms with Gasteiger partial charge in [-0.05, 0) is 74.7 Å². The summed E-state index contributed by atoms with van der Waals surface area (Å²) in [6.07, 6.45) is 1.71. The normalized spacial score (nSPS) is 16.4. The van der Waals surface area contributed by atoms with Crippen LogP contribution in [0.1, 0.15) is 31.7 Å². The molecular formula is C31H34N2O6S. The van der Waals surface area contributed by atoms with Gasteiger partial charge < -0.3 is 19.5 Å². The van der Waals surface area contributed by atoms with Gasteiger partial charge in [0.1, 0.15) is 24.2 Å². The third kappa shape index (κ3) is 6.72. The van der Waals surface area contributed by atoms with Gasteiger partial charge in [-0.2, -0.15) is 8.42 Å². The Kier molecular flexibility index (Phi) is 8.54. The molecule has 1 aliphatic rings. The van der Waals surface area contributed by atoms with E-state index < -0.39 is 16.2 Å². The minimum atomic E-state index is -4.03. The monoisotopic (exact) mass is 562 g/mol. The highest BCUT2D eigenvalue weighted by molar-refractivity contribution is 7.86. The molecule has 1 aliphatic heterocycles. The van der Waals surface area contributed by atoms with E-state index >= 15 is 0 Å². The Labute approximate surface area is 235 Å². The zero-order valence-corrected chi connectivity index (χ0v) is 23.7. The van der Waals surface area contributed by atoms with Crippen LogP contribution in [0.25, 0.3) is 22.2 Å². The summed E-state index contributed by atoms with van der Waals surface area (Å²) in [7, 11) is -2.14. The number of anilines is 1. The van der Waals surface area contributed by atoms with Crippen LogP contribution in [-0.2, 0) is 19.0 Å². The smallest absolute Gasteiger partial charge is 0.297 e. The molecule has 0 aliphatic carbocycles. The maximum Gasteiger partial charge on any atom is 0.297 e. The van der Waals surface area contributed by atoms with Crippen LogP contribution in [0.2, 0.25) is 0 Å². The van der Waals surface area contributed by atoms with E-state index in [2.05, 4.69) is 5.32 Å². The van der Waals surface area contributed by atoms with Gasteiger partial charge in [0.15, 0.2) is 6.29 Å². The summed E-state index contributed by atoms with van der Waals surface area (Å²) >= 11 is 0. The number of hydrogen-bond acceptors (Lipinski definition) is 8. The first-order valence-electron chi connectivity index (χ1n) is 13.4. The molecule has 1 N–H and O–H groups in total. The van der Waals surface area contributed by atoms with Crippen molar-refractivity contribution in [2.24, 2.45) is 0 Å². The molecule has 1 fully saturated rings. The number of rotatable bonds is 10. The second kappa shape index (κ2) is 12.2. The first-order chi connectivity index (χ1) is 19.3. The van der Waals surface area contributed by atoms with Crippen molar-refractivity contribution in [3.05, 3.63) is 78.4 Å². The molecule has 40 heavy (non-hydrogen) atoms. The van der Waals surface area contributed by atoms with Crippen molar-refractivity contribution < 1.29 is 26.8 Å². The molecule has 1 saturated heterocycles. The number of hydrogen-bond donors (Lipinski definition) is 1. The quantitative estimate of drug-likeness (QED) is 0.224. The Hall–Kier alpha value is -3.66. The molecule has 0 saturated carbocycles. The molecule has 8 nitrogen and oxygen atoms in total. The minimum Gasteiger partial charge on any atom is -0.491 e. The summed E-state index contributed by atoms with van der Waals surface area (Å²) in [5.41, 5.74) is 4.62. The summed E-state index contributed by atoms with van der Waals surface area (Å²) < 4.78 is 48.9. The number of fused-ring (bicyclic) bond motifs is 1. The largest absolute Gasteiger partial charge is 0.491 e. The van der Waals surface area contributed by atoms with Gasteiger partial charge in [0.25, 0.3) is 10.1 Å². The Morgan fingerprint density at radius 3 is 2.60 bits per heavy atom. The SMILES string of the molecule is CNc1ccc(-c2ccc3cc(OCC(C)OS(=O)(=O)c4ccc(C)c(OC5CCCCO5)c4)ccc3n2)cc1. The number of aryl methyl sites for hydroxylation is 1. The fourth-order valence-corrected chi connectivity index (χ4v) is 5.57. The number of nitrogens with one attached hydrogen (secondary N) is 1. The average Bonchev–Trinajstić information content (AvgIpc) is 2.97. The van der Waals surface area contributed by atoms with Gasteiger partial charge in [-0.1, -0.05) is 24.3 Å². The maximum absolute atomic E-state index is 13.0. The molecular weight excluding hydrogens is 528 g/mol. The first kappa shape index (κ1) is 27.9. The highest BCUT2D eigenvalue weighted by atomic mass is 32.2. The van der Waals surface area contributed by atoms with Crippen molar-refractivity contribution >= 4 is 26.7 Å². The molecule has 2 heterocycles. The molecule has 1 aromatic heterocycles. The van der Waals surface area contributed by atoms with Crippen molar-refractivity contribution in [2.75, 3.05) is 25.6 Å². The fourth-order valence-electron chi connectivity index (χ4n) is 4.48. The van der Waals surface area contributed by atoms with Crippen LogP contribution in [0.4, 0.5) is 5.69 Å². The Balaban J connectivity index is 1.21. The molecule has 0 bridgehead atoms. The minimum absolute atomic E-state index is 0.0314. The molecule has 2 unspecified atom stereocenters. The first-order valence-corrected chi connectivity index (χ1v) is 14.9. The lowest BCUT2D eigenvalue weighted by Gasteiger charge is -2.24. The van der Waals surface area contributed by atoms with Crippen molar-refractivity contribution in [3.63, 3.8) is 0 Å². The lowest BCUT2D eigenvalue weighted by Crippen LogP contribution is -2.25. The van der Waals surface area contributed by atoms with E-state index in [1.165, 1.54) is 12.1 Å². The van der Waals surface area contributed by atoms with Gasteiger partial charge in [0.2, 0.25) is 0 Å². The standard InChI is InChI=1S/C31H34N2O6S/c1-21-7-14-27(19-30(21)38-31-6-4-5-17-36-31)40(34,35)39-22(2)20-37-26-13-16-29-24(18-26)10-15-28(33-29)23-8-11-25(32-3)12-9-23/h7-16,18-19,22,31-32H,4-6,17,20H2,1-3H3. The molecule has 9 heteroatoms. The van der Waals surface area contributed by atoms with E-state index in [1.54, 1.807) is 13.0 Å². The highest BCUT2D eigenvalue weighted by Gasteiger charge is 2.23. The predicted molar refractivity (Wildman–Crippen MR) is 155 cm³/mol. The van der Waals surface area contributed by atoms with Crippen LogP contribution in [0.15, 0.2) is 77.7 Å². The van der Waals surface area contributed by atoms with E-state index in [9.17, 15) is 8.42 Å². The maximum atomic E-state index is 13.0. The zero-order valence-electron chi connectivity index (χ0n) is 22.9. The summed E-state index contributed by atoms with van der Waals surface area (Å²) in [6, 6.07) is 22.4. The Bertz CT molecular complexity index is 1570. The number of benzene rings is 3. The number of ether oxygens (including phenoxy) is 3. The van der Waals surface area contributed by atoms with Gasteiger partial charge >= 0.3 is 0 Å². The summed E-state index contributed by atoms with van der Waals surface area (Å²) in [5, 5.41) is 4.03. The van der Waals surface area contributed by atoms with E-state index in [4.69, 9.17) is 23.4 Å². The van der Waals surface area contributed by atoms with E-state index in [1.807, 2.05) is 68.6 Å². The number of nitrogens with zero attached hydrogens (tertiary/aromatic N) is 1. The molecule has 0 radical (unpaired) electrons. The summed E-state index contributed by atoms with van der Waals surface area (Å²) in [6.45, 7) is 4.22. The van der Waals surface area contributed by atoms with Crippen LogP contribution < -0.4 is 14.8 Å². The average molecular weight is 563 g/mol. The predicted octanol–water partition coefficient (Wildman–Crippen LogP) is 6.33. The molecule has 5 rings (SSSR count). The van der Waals surface area contributed by atoms with Crippen LogP contribution in [0.3, 0.4) is 0 Å². The second-order valence-corrected chi connectivity index (χ2v) is 11.5. The molecule has 3 aromatic carbocycles. The van der Waals surface area contributed by atoms with Gasteiger partial charge in [-0.3, -0.25) is 4.18 Å². The van der Waals surface area contributed by atoms with E-state index in [0.717, 1.165) is 52.7 Å². The molecule has 0 spiro atoms. The van der Waals surface area contributed by atoms with Crippen LogP contribution in [-0.4, -0.2) is 46.1 Å². The third-order valence-electron chi connectivity index (χ3n) is 6.75. The lowest BCUT2D eigenvalue weighted by atomic mass is 10.1. The Morgan fingerprint density at radius 2 is 1.85 bits per heavy atom. The molecule has 2 atom stereocenters. The van der Waals surface area contributed by atoms with Crippen molar-refractivity contribution in [1.29, 1.82) is 0 Å². The Morgan fingerprint density at radius 1 is 1.02 bits per heavy atom. The number of aromatic nitrogens is 1. The van der Waals surface area contributed by atoms with Crippen LogP contribution in [0, 0.1) is 6.92 Å². The summed E-state index contributed by atoms with van der Waals surface area (Å²) in [4.78, 5) is 4.80. The fraction of sp³-hybridized carbons (Fsp3) is 0.323.